The van der Waals surface area contributed by atoms with Crippen LogP contribution in [0.5, 0.6) is 0 Å². The first-order chi connectivity index (χ1) is 5.16. The summed E-state index contributed by atoms with van der Waals surface area (Å²) in [6.07, 6.45) is 3.55. The third kappa shape index (κ3) is 5.99. The average Bonchev–Trinajstić information content (AvgIpc) is 1.97. The quantitative estimate of drug-likeness (QED) is 0.464. The standard InChI is InChI=1S/C7H5NO3/c8-5-1-2-6(9)3-4-7(10)11/h1-4H,(H,10,11). The second kappa shape index (κ2) is 4.94. The van der Waals surface area contributed by atoms with Crippen molar-refractivity contribution in [2.75, 3.05) is 0 Å². The number of nitriles is 1. The number of allylic oxidation sites excluding steroid dienone is 3. The molecule has 4 heteroatoms. The average molecular weight is 151 g/mol. The van der Waals surface area contributed by atoms with Crippen LogP contribution in [0.3, 0.4) is 0 Å². The molecule has 0 atom stereocenters. The molecule has 0 aromatic heterocycles. The largest absolute Gasteiger partial charge is 0.478 e. The number of nitrogens with zero attached hydrogens (tertiary/aromatic N) is 1. The molecule has 0 saturated carbocycles. The fraction of sp³-hybridized carbons (Fsp3) is 0. The molecule has 0 rings (SSSR count). The first-order valence-corrected chi connectivity index (χ1v) is 2.68. The van der Waals surface area contributed by atoms with E-state index in [9.17, 15) is 9.59 Å². The molecular weight excluding hydrogens is 146 g/mol. The van der Waals surface area contributed by atoms with Crippen LogP contribution in [0.15, 0.2) is 24.3 Å². The number of hydrogen-bond acceptors (Lipinski definition) is 3. The molecule has 0 heterocycles. The van der Waals surface area contributed by atoms with Crippen molar-refractivity contribution in [3.05, 3.63) is 24.3 Å². The van der Waals surface area contributed by atoms with Gasteiger partial charge in [0, 0.05) is 12.2 Å². The molecule has 11 heavy (non-hydrogen) atoms. The third-order valence-corrected chi connectivity index (χ3v) is 0.712. The Hall–Kier alpha value is -1.89. The monoisotopic (exact) mass is 151 g/mol. The van der Waals surface area contributed by atoms with Gasteiger partial charge in [-0.15, -0.1) is 0 Å². The van der Waals surface area contributed by atoms with Gasteiger partial charge in [-0.05, 0) is 12.2 Å². The van der Waals surface area contributed by atoms with Crippen molar-refractivity contribution in [2.24, 2.45) is 0 Å². The van der Waals surface area contributed by atoms with Gasteiger partial charge in [0.15, 0.2) is 5.78 Å². The highest BCUT2D eigenvalue weighted by Crippen LogP contribution is 1.80. The van der Waals surface area contributed by atoms with Crippen LogP contribution >= 0.6 is 0 Å². The molecule has 0 fully saturated rings. The SMILES string of the molecule is N#CC=CC(=O)C=CC(=O)O. The number of hydrogen-bond donors (Lipinski definition) is 1. The molecule has 0 aromatic rings. The van der Waals surface area contributed by atoms with Gasteiger partial charge in [-0.2, -0.15) is 5.26 Å². The minimum Gasteiger partial charge on any atom is -0.478 e. The van der Waals surface area contributed by atoms with Gasteiger partial charge in [0.05, 0.1) is 6.07 Å². The molecule has 0 unspecified atom stereocenters. The Labute approximate surface area is 63.1 Å². The van der Waals surface area contributed by atoms with Gasteiger partial charge >= 0.3 is 5.97 Å². The Bertz CT molecular complexity index is 257. The van der Waals surface area contributed by atoms with Gasteiger partial charge in [0.1, 0.15) is 0 Å². The number of ketones is 1. The number of aliphatic carboxylic acids is 1. The Morgan fingerprint density at radius 2 is 1.91 bits per heavy atom. The molecular formula is C7H5NO3. The second-order valence-corrected chi connectivity index (χ2v) is 1.54. The van der Waals surface area contributed by atoms with Gasteiger partial charge < -0.3 is 5.11 Å². The van der Waals surface area contributed by atoms with Crippen molar-refractivity contribution in [1.82, 2.24) is 0 Å². The number of carboxylic acids is 1. The summed E-state index contributed by atoms with van der Waals surface area (Å²) in [5.41, 5.74) is 0. The van der Waals surface area contributed by atoms with E-state index in [0.29, 0.717) is 6.08 Å². The molecule has 0 saturated heterocycles. The van der Waals surface area contributed by atoms with Crippen LogP contribution in [0.4, 0.5) is 0 Å². The highest BCUT2D eigenvalue weighted by Gasteiger charge is 1.89. The predicted molar refractivity (Wildman–Crippen MR) is 36.5 cm³/mol. The lowest BCUT2D eigenvalue weighted by atomic mass is 10.3. The van der Waals surface area contributed by atoms with Crippen LogP contribution in [-0.2, 0) is 9.59 Å². The zero-order valence-electron chi connectivity index (χ0n) is 5.52. The lowest BCUT2D eigenvalue weighted by Gasteiger charge is -1.77. The van der Waals surface area contributed by atoms with Crippen molar-refractivity contribution < 1.29 is 14.7 Å². The normalized spacial score (nSPS) is 10.1. The van der Waals surface area contributed by atoms with E-state index in [0.717, 1.165) is 18.2 Å². The second-order valence-electron chi connectivity index (χ2n) is 1.54. The van der Waals surface area contributed by atoms with Crippen molar-refractivity contribution >= 4 is 11.8 Å². The minimum atomic E-state index is -1.19. The number of carboxylic acid groups (broad SMARTS) is 1. The Morgan fingerprint density at radius 3 is 2.36 bits per heavy atom. The summed E-state index contributed by atoms with van der Waals surface area (Å²) in [7, 11) is 0. The maximum atomic E-state index is 10.5. The molecule has 0 aliphatic heterocycles. The van der Waals surface area contributed by atoms with Crippen LogP contribution in [-0.4, -0.2) is 16.9 Å². The molecule has 0 bridgehead atoms. The van der Waals surface area contributed by atoms with Crippen molar-refractivity contribution in [2.45, 2.75) is 0 Å². The van der Waals surface area contributed by atoms with Crippen LogP contribution < -0.4 is 0 Å². The Balaban J connectivity index is 4.00. The summed E-state index contributed by atoms with van der Waals surface area (Å²) in [5, 5.41) is 16.0. The van der Waals surface area contributed by atoms with Crippen LogP contribution in [0.2, 0.25) is 0 Å². The highest BCUT2D eigenvalue weighted by molar-refractivity contribution is 6.02. The van der Waals surface area contributed by atoms with Gasteiger partial charge in [0.2, 0.25) is 0 Å². The summed E-state index contributed by atoms with van der Waals surface area (Å²) >= 11 is 0. The van der Waals surface area contributed by atoms with Crippen molar-refractivity contribution in [3.63, 3.8) is 0 Å². The first kappa shape index (κ1) is 9.11. The van der Waals surface area contributed by atoms with E-state index < -0.39 is 11.8 Å². The predicted octanol–water partition coefficient (Wildman–Crippen LogP) is 0.276. The molecule has 56 valence electrons. The molecule has 0 aromatic carbocycles. The van der Waals surface area contributed by atoms with Crippen LogP contribution in [0.1, 0.15) is 0 Å². The molecule has 0 aliphatic carbocycles. The summed E-state index contributed by atoms with van der Waals surface area (Å²) < 4.78 is 0. The maximum absolute atomic E-state index is 10.5. The molecule has 0 amide bonds. The fourth-order valence-corrected chi connectivity index (χ4v) is 0.328. The topological polar surface area (TPSA) is 78.2 Å². The smallest absolute Gasteiger partial charge is 0.328 e. The van der Waals surface area contributed by atoms with E-state index in [1.165, 1.54) is 0 Å². The van der Waals surface area contributed by atoms with E-state index in [4.69, 9.17) is 10.4 Å². The van der Waals surface area contributed by atoms with Crippen molar-refractivity contribution in [1.29, 1.82) is 5.26 Å². The lowest BCUT2D eigenvalue weighted by Crippen LogP contribution is -1.90. The summed E-state index contributed by atoms with van der Waals surface area (Å²) in [6.45, 7) is 0. The summed E-state index contributed by atoms with van der Waals surface area (Å²) in [4.78, 5) is 20.4. The number of carbonyl (C=O) groups excluding carboxylic acids is 1. The molecule has 4 nitrogen and oxygen atoms in total. The Kier molecular flexibility index (Phi) is 4.09. The van der Waals surface area contributed by atoms with E-state index in [2.05, 4.69) is 0 Å². The Morgan fingerprint density at radius 1 is 1.27 bits per heavy atom. The zero-order chi connectivity index (χ0) is 8.69. The number of rotatable bonds is 3. The summed E-state index contributed by atoms with van der Waals surface area (Å²) in [5.74, 6) is -1.71. The minimum absolute atomic E-state index is 0.519. The van der Waals surface area contributed by atoms with E-state index >= 15 is 0 Å². The lowest BCUT2D eigenvalue weighted by molar-refractivity contribution is -0.131. The molecule has 0 radical (unpaired) electrons. The van der Waals surface area contributed by atoms with E-state index in [1.54, 1.807) is 6.07 Å². The zero-order valence-corrected chi connectivity index (χ0v) is 5.52. The highest BCUT2D eigenvalue weighted by atomic mass is 16.4. The van der Waals surface area contributed by atoms with Crippen LogP contribution in [0.25, 0.3) is 0 Å². The fourth-order valence-electron chi connectivity index (χ4n) is 0.328. The maximum Gasteiger partial charge on any atom is 0.328 e. The van der Waals surface area contributed by atoms with Gasteiger partial charge in [-0.25, -0.2) is 4.79 Å². The third-order valence-electron chi connectivity index (χ3n) is 0.712. The molecule has 0 spiro atoms. The van der Waals surface area contributed by atoms with E-state index in [-0.39, 0.29) is 0 Å². The number of carbonyl (C=O) groups is 2. The van der Waals surface area contributed by atoms with Gasteiger partial charge in [-0.3, -0.25) is 4.79 Å². The molecule has 1 N–H and O–H groups in total. The van der Waals surface area contributed by atoms with E-state index in [1.807, 2.05) is 0 Å². The van der Waals surface area contributed by atoms with Gasteiger partial charge in [-0.1, -0.05) is 0 Å². The van der Waals surface area contributed by atoms with Crippen molar-refractivity contribution in [3.8, 4) is 6.07 Å². The summed E-state index contributed by atoms with van der Waals surface area (Å²) in [6, 6.07) is 1.60. The first-order valence-electron chi connectivity index (χ1n) is 2.68. The van der Waals surface area contributed by atoms with Gasteiger partial charge in [0.25, 0.3) is 0 Å². The molecule has 0 aliphatic rings. The van der Waals surface area contributed by atoms with Crippen LogP contribution in [0, 0.1) is 11.3 Å².